The van der Waals surface area contributed by atoms with E-state index < -0.39 is 6.10 Å². The number of nitrogens with zero attached hydrogens (tertiary/aromatic N) is 1. The molecule has 176 valence electrons. The molecule has 7 atom stereocenters. The summed E-state index contributed by atoms with van der Waals surface area (Å²) >= 11 is 0. The Morgan fingerprint density at radius 2 is 1.70 bits per heavy atom. The molecule has 0 fully saturated rings. The first-order valence-electron chi connectivity index (χ1n) is 10.9. The predicted molar refractivity (Wildman–Crippen MR) is 118 cm³/mol. The molecule has 0 bridgehead atoms. The van der Waals surface area contributed by atoms with Crippen LogP contribution in [-0.2, 0) is 23.8 Å². The summed E-state index contributed by atoms with van der Waals surface area (Å²) in [6.07, 6.45) is 5.77. The number of esters is 1. The van der Waals surface area contributed by atoms with E-state index in [1.54, 1.807) is 41.3 Å². The molecule has 0 rings (SSSR count). The molecule has 0 saturated carbocycles. The Labute approximate surface area is 182 Å². The molecule has 0 aliphatic heterocycles. The van der Waals surface area contributed by atoms with Crippen molar-refractivity contribution in [1.29, 1.82) is 0 Å². The van der Waals surface area contributed by atoms with Gasteiger partial charge in [-0.1, -0.05) is 33.8 Å². The minimum atomic E-state index is -0.431. The smallest absolute Gasteiger partial charge is 0.305 e. The third-order valence-electron chi connectivity index (χ3n) is 5.67. The molecule has 0 saturated heterocycles. The van der Waals surface area contributed by atoms with Crippen LogP contribution in [0.25, 0.3) is 0 Å². The Balaban J connectivity index is 5.29. The van der Waals surface area contributed by atoms with Crippen molar-refractivity contribution in [3.8, 4) is 0 Å². The number of aliphatic hydroxyl groups is 1. The van der Waals surface area contributed by atoms with Crippen molar-refractivity contribution < 1.29 is 28.9 Å². The molecule has 7 heteroatoms. The zero-order chi connectivity index (χ0) is 23.3. The van der Waals surface area contributed by atoms with Crippen LogP contribution >= 0.6 is 0 Å². The first-order valence-corrected chi connectivity index (χ1v) is 10.9. The van der Waals surface area contributed by atoms with Crippen molar-refractivity contribution >= 4 is 12.4 Å². The molecule has 0 spiro atoms. The minimum absolute atomic E-state index is 0.0228. The first-order chi connectivity index (χ1) is 14.1. The van der Waals surface area contributed by atoms with Gasteiger partial charge in [-0.2, -0.15) is 0 Å². The topological polar surface area (TPSA) is 85.3 Å². The number of ether oxygens (including phenoxy) is 3. The quantitative estimate of drug-likeness (QED) is 0.299. The second-order valence-corrected chi connectivity index (χ2v) is 8.33. The summed E-state index contributed by atoms with van der Waals surface area (Å²) in [6, 6.07) is 0. The third-order valence-corrected chi connectivity index (χ3v) is 5.67. The lowest BCUT2D eigenvalue weighted by Crippen LogP contribution is -2.38. The summed E-state index contributed by atoms with van der Waals surface area (Å²) in [4.78, 5) is 24.3. The van der Waals surface area contributed by atoms with Gasteiger partial charge < -0.3 is 24.2 Å². The summed E-state index contributed by atoms with van der Waals surface area (Å²) in [6.45, 7) is 9.68. The van der Waals surface area contributed by atoms with Gasteiger partial charge in [-0.15, -0.1) is 0 Å². The van der Waals surface area contributed by atoms with Gasteiger partial charge in [0, 0.05) is 45.7 Å². The molecule has 30 heavy (non-hydrogen) atoms. The number of carbonyl (C=O) groups excluding carboxylic acids is 2. The number of amides is 1. The molecule has 0 radical (unpaired) electrons. The van der Waals surface area contributed by atoms with Crippen LogP contribution in [0, 0.1) is 17.8 Å². The van der Waals surface area contributed by atoms with Gasteiger partial charge in [-0.05, 0) is 32.1 Å². The highest BCUT2D eigenvalue weighted by Crippen LogP contribution is 2.28. The van der Waals surface area contributed by atoms with Crippen LogP contribution < -0.4 is 0 Å². The summed E-state index contributed by atoms with van der Waals surface area (Å²) < 4.78 is 17.1. The predicted octanol–water partition coefficient (Wildman–Crippen LogP) is 3.40. The largest absolute Gasteiger partial charge is 0.462 e. The monoisotopic (exact) mass is 429 g/mol. The van der Waals surface area contributed by atoms with Gasteiger partial charge in [0.1, 0.15) is 6.10 Å². The van der Waals surface area contributed by atoms with Gasteiger partial charge in [0.25, 0.3) is 0 Å². The van der Waals surface area contributed by atoms with E-state index in [9.17, 15) is 14.7 Å². The fourth-order valence-corrected chi connectivity index (χ4v) is 3.73. The number of hydrogen-bond acceptors (Lipinski definition) is 6. The maximum atomic E-state index is 12.1. The average molecular weight is 430 g/mol. The van der Waals surface area contributed by atoms with Crippen molar-refractivity contribution in [3.63, 3.8) is 0 Å². The van der Waals surface area contributed by atoms with Crippen molar-refractivity contribution in [1.82, 2.24) is 4.90 Å². The number of methoxy groups -OCH3 is 2. The van der Waals surface area contributed by atoms with Gasteiger partial charge in [-0.3, -0.25) is 9.59 Å². The zero-order valence-electron chi connectivity index (χ0n) is 20.0. The number of rotatable bonds is 16. The van der Waals surface area contributed by atoms with Crippen molar-refractivity contribution in [2.24, 2.45) is 17.8 Å². The Kier molecular flexibility index (Phi) is 14.6. The van der Waals surface area contributed by atoms with E-state index >= 15 is 0 Å². The highest BCUT2D eigenvalue weighted by molar-refractivity contribution is 5.69. The molecule has 0 aliphatic carbocycles. The fourth-order valence-electron chi connectivity index (χ4n) is 3.73. The molecular weight excluding hydrogens is 386 g/mol. The highest BCUT2D eigenvalue weighted by atomic mass is 16.5. The molecule has 0 unspecified atom stereocenters. The molecule has 0 aliphatic rings. The average Bonchev–Trinajstić information content (AvgIpc) is 2.72. The van der Waals surface area contributed by atoms with Crippen molar-refractivity contribution in [2.75, 3.05) is 21.3 Å². The maximum Gasteiger partial charge on any atom is 0.305 e. The number of hydrogen-bond donors (Lipinski definition) is 1. The van der Waals surface area contributed by atoms with Gasteiger partial charge in [0.2, 0.25) is 6.41 Å². The second-order valence-electron chi connectivity index (χ2n) is 8.33. The van der Waals surface area contributed by atoms with Crippen molar-refractivity contribution in [2.45, 2.75) is 84.7 Å². The molecule has 7 nitrogen and oxygen atoms in total. The van der Waals surface area contributed by atoms with E-state index in [1.807, 2.05) is 19.9 Å². The molecule has 0 aromatic rings. The normalized spacial score (nSPS) is 18.8. The SMILES string of the molecule is CCC(=O)O[C@H](CC[C@H](C)[C@H](C[C@@H](C)O)OC)[C@H](C)[C@H](OC)[C@H](C)/C=C/N(C)C=O. The van der Waals surface area contributed by atoms with Crippen LogP contribution in [0.2, 0.25) is 0 Å². The van der Waals surface area contributed by atoms with Gasteiger partial charge >= 0.3 is 5.97 Å². The van der Waals surface area contributed by atoms with E-state index in [-0.39, 0.29) is 42.0 Å². The van der Waals surface area contributed by atoms with Crippen LogP contribution in [0.5, 0.6) is 0 Å². The molecular formula is C23H43NO6. The summed E-state index contributed by atoms with van der Waals surface area (Å²) in [5.41, 5.74) is 0. The van der Waals surface area contributed by atoms with E-state index in [4.69, 9.17) is 14.2 Å². The fraction of sp³-hybridized carbons (Fsp3) is 0.826. The van der Waals surface area contributed by atoms with E-state index in [2.05, 4.69) is 6.92 Å². The van der Waals surface area contributed by atoms with Crippen LogP contribution in [0.1, 0.15) is 60.3 Å². The molecule has 0 heterocycles. The highest BCUT2D eigenvalue weighted by Gasteiger charge is 2.32. The Morgan fingerprint density at radius 1 is 1.07 bits per heavy atom. The molecule has 0 aromatic carbocycles. The maximum absolute atomic E-state index is 12.1. The molecule has 1 amide bonds. The van der Waals surface area contributed by atoms with E-state index in [0.717, 1.165) is 12.8 Å². The molecule has 1 N–H and O–H groups in total. The molecule has 0 aromatic heterocycles. The van der Waals surface area contributed by atoms with Crippen LogP contribution in [0.4, 0.5) is 0 Å². The Bertz CT molecular complexity index is 510. The summed E-state index contributed by atoms with van der Waals surface area (Å²) in [5.74, 6) is -0.0454. The lowest BCUT2D eigenvalue weighted by molar-refractivity contribution is -0.155. The zero-order valence-corrected chi connectivity index (χ0v) is 20.0. The van der Waals surface area contributed by atoms with Gasteiger partial charge in [-0.25, -0.2) is 0 Å². The Hall–Kier alpha value is -1.44. The van der Waals surface area contributed by atoms with Crippen LogP contribution in [-0.4, -0.2) is 68.1 Å². The van der Waals surface area contributed by atoms with Gasteiger partial charge in [0.05, 0.1) is 18.3 Å². The second kappa shape index (κ2) is 15.4. The lowest BCUT2D eigenvalue weighted by Gasteiger charge is -2.34. The van der Waals surface area contributed by atoms with Gasteiger partial charge in [0.15, 0.2) is 0 Å². The van der Waals surface area contributed by atoms with Crippen molar-refractivity contribution in [3.05, 3.63) is 12.3 Å². The standard InChI is InChI=1S/C23H43NO6/c1-9-22(27)30-20(11-10-16(2)21(28-7)14-18(4)26)19(5)23(29-8)17(3)12-13-24(6)15-25/h12-13,15-21,23,26H,9-11,14H2,1-8H3/b13-12+/t16-,17+,18+,19-,20+,21-,23+/m0/s1. The third kappa shape index (κ3) is 10.5. The van der Waals surface area contributed by atoms with E-state index in [0.29, 0.717) is 19.3 Å². The first kappa shape index (κ1) is 28.6. The number of carbonyl (C=O) groups is 2. The Morgan fingerprint density at radius 3 is 2.17 bits per heavy atom. The van der Waals surface area contributed by atoms with E-state index in [1.165, 1.54) is 4.90 Å². The number of aliphatic hydroxyl groups excluding tert-OH is 1. The summed E-state index contributed by atoms with van der Waals surface area (Å²) in [7, 11) is 4.99. The minimum Gasteiger partial charge on any atom is -0.462 e. The van der Waals surface area contributed by atoms with Crippen LogP contribution in [0.15, 0.2) is 12.3 Å². The van der Waals surface area contributed by atoms with Crippen LogP contribution in [0.3, 0.4) is 0 Å². The lowest BCUT2D eigenvalue weighted by atomic mass is 9.84. The summed E-state index contributed by atoms with van der Waals surface area (Å²) in [5, 5.41) is 9.69.